The number of aromatic nitrogens is 2. The van der Waals surface area contributed by atoms with Crippen molar-refractivity contribution in [1.82, 2.24) is 9.38 Å². The molecule has 0 saturated heterocycles. The molecule has 2 heterocycles. The van der Waals surface area contributed by atoms with Crippen LogP contribution < -0.4 is 5.73 Å². The van der Waals surface area contributed by atoms with Gasteiger partial charge in [0.2, 0.25) is 0 Å². The number of hydrogen-bond donors (Lipinski definition) is 1. The summed E-state index contributed by atoms with van der Waals surface area (Å²) in [5, 5.41) is 0. The van der Waals surface area contributed by atoms with Crippen LogP contribution in [0, 0.1) is 0 Å². The zero-order chi connectivity index (χ0) is 13.5. The third-order valence-electron chi connectivity index (χ3n) is 3.66. The molecule has 0 fully saturated rings. The summed E-state index contributed by atoms with van der Waals surface area (Å²) in [5.74, 6) is 0.807. The van der Waals surface area contributed by atoms with Crippen LogP contribution in [0.5, 0.6) is 0 Å². The van der Waals surface area contributed by atoms with Gasteiger partial charge < -0.3 is 5.73 Å². The minimum Gasteiger partial charge on any atom is -0.383 e. The van der Waals surface area contributed by atoms with Crippen molar-refractivity contribution in [3.8, 4) is 0 Å². The highest BCUT2D eigenvalue weighted by atomic mass is 15.1. The van der Waals surface area contributed by atoms with E-state index in [1.54, 1.807) is 0 Å². The number of nitrogens with two attached hydrogens (primary N) is 1. The van der Waals surface area contributed by atoms with Crippen molar-refractivity contribution >= 4 is 11.5 Å². The molecule has 0 amide bonds. The van der Waals surface area contributed by atoms with Crippen LogP contribution in [-0.2, 0) is 6.42 Å². The first kappa shape index (κ1) is 13.9. The fraction of sp³-hybridized carbons (Fsp3) is 0.562. The van der Waals surface area contributed by atoms with E-state index in [1.807, 2.05) is 28.8 Å². The van der Waals surface area contributed by atoms with Crippen molar-refractivity contribution in [2.45, 2.75) is 58.3 Å². The minimum absolute atomic E-state index is 0.807. The molecular weight excluding hydrogens is 234 g/mol. The summed E-state index contributed by atoms with van der Waals surface area (Å²) < 4.78 is 1.97. The highest BCUT2D eigenvalue weighted by molar-refractivity contribution is 5.52. The molecule has 0 radical (unpaired) electrons. The van der Waals surface area contributed by atoms with E-state index in [-0.39, 0.29) is 0 Å². The number of imidazole rings is 1. The Kier molecular flexibility index (Phi) is 5.25. The van der Waals surface area contributed by atoms with Gasteiger partial charge in [0.1, 0.15) is 11.5 Å². The van der Waals surface area contributed by atoms with Gasteiger partial charge in [0, 0.05) is 6.20 Å². The topological polar surface area (TPSA) is 43.3 Å². The van der Waals surface area contributed by atoms with Gasteiger partial charge in [0.25, 0.3) is 0 Å². The molecule has 2 N–H and O–H groups in total. The van der Waals surface area contributed by atoms with Crippen LogP contribution in [-0.4, -0.2) is 9.38 Å². The first-order chi connectivity index (χ1) is 9.33. The maximum absolute atomic E-state index is 6.12. The number of anilines is 1. The summed E-state index contributed by atoms with van der Waals surface area (Å²) in [6.07, 6.45) is 12.2. The maximum atomic E-state index is 6.12. The summed E-state index contributed by atoms with van der Waals surface area (Å²) in [4.78, 5) is 4.60. The molecule has 3 heteroatoms. The van der Waals surface area contributed by atoms with Crippen LogP contribution in [0.15, 0.2) is 24.4 Å². The van der Waals surface area contributed by atoms with Crippen LogP contribution >= 0.6 is 0 Å². The van der Waals surface area contributed by atoms with Gasteiger partial charge in [0.15, 0.2) is 0 Å². The third-order valence-corrected chi connectivity index (χ3v) is 3.66. The van der Waals surface area contributed by atoms with Crippen molar-refractivity contribution in [3.63, 3.8) is 0 Å². The second kappa shape index (κ2) is 7.17. The molecule has 0 atom stereocenters. The van der Waals surface area contributed by atoms with E-state index in [4.69, 9.17) is 5.73 Å². The van der Waals surface area contributed by atoms with E-state index in [2.05, 4.69) is 11.9 Å². The predicted octanol–water partition coefficient (Wildman–Crippen LogP) is 4.21. The van der Waals surface area contributed by atoms with Gasteiger partial charge in [-0.1, -0.05) is 51.5 Å². The third kappa shape index (κ3) is 3.72. The molecule has 104 valence electrons. The Balaban J connectivity index is 1.77. The number of unbranched alkanes of at least 4 members (excludes halogenated alkanes) is 6. The molecule has 0 aromatic carbocycles. The van der Waals surface area contributed by atoms with Crippen LogP contribution in [0.3, 0.4) is 0 Å². The molecule has 2 aromatic heterocycles. The second-order valence-electron chi connectivity index (χ2n) is 5.24. The van der Waals surface area contributed by atoms with E-state index in [0.717, 1.165) is 23.6 Å². The van der Waals surface area contributed by atoms with Crippen molar-refractivity contribution in [2.24, 2.45) is 0 Å². The molecular formula is C16H25N3. The summed E-state index contributed by atoms with van der Waals surface area (Å²) in [7, 11) is 0. The Bertz CT molecular complexity index is 502. The van der Waals surface area contributed by atoms with Gasteiger partial charge in [-0.25, -0.2) is 4.98 Å². The van der Waals surface area contributed by atoms with Crippen molar-refractivity contribution < 1.29 is 0 Å². The number of nitrogen functional groups attached to an aromatic ring is 1. The normalized spacial score (nSPS) is 11.2. The lowest BCUT2D eigenvalue weighted by atomic mass is 10.1. The number of rotatable bonds is 8. The fourth-order valence-corrected chi connectivity index (χ4v) is 2.50. The van der Waals surface area contributed by atoms with Gasteiger partial charge in [-0.15, -0.1) is 0 Å². The predicted molar refractivity (Wildman–Crippen MR) is 81.3 cm³/mol. The first-order valence-corrected chi connectivity index (χ1v) is 7.54. The van der Waals surface area contributed by atoms with Crippen LogP contribution in [0.1, 0.15) is 57.6 Å². The number of aryl methyl sites for hydroxylation is 1. The molecule has 0 aliphatic heterocycles. The highest BCUT2D eigenvalue weighted by Gasteiger charge is 2.07. The monoisotopic (exact) mass is 259 g/mol. The quantitative estimate of drug-likeness (QED) is 0.722. The van der Waals surface area contributed by atoms with Gasteiger partial charge in [-0.05, 0) is 25.0 Å². The van der Waals surface area contributed by atoms with E-state index in [1.165, 1.54) is 44.9 Å². The summed E-state index contributed by atoms with van der Waals surface area (Å²) in [6.45, 7) is 2.26. The van der Waals surface area contributed by atoms with Crippen molar-refractivity contribution in [3.05, 3.63) is 30.1 Å². The Morgan fingerprint density at radius 2 is 1.79 bits per heavy atom. The van der Waals surface area contributed by atoms with Gasteiger partial charge in [0.05, 0.1) is 5.69 Å². The SMILES string of the molecule is CCCCCCCCCc1nc2ccccn2c1N. The molecule has 0 aliphatic rings. The number of hydrogen-bond acceptors (Lipinski definition) is 2. The maximum Gasteiger partial charge on any atom is 0.138 e. The lowest BCUT2D eigenvalue weighted by Gasteiger charge is -2.01. The zero-order valence-corrected chi connectivity index (χ0v) is 11.9. The summed E-state index contributed by atoms with van der Waals surface area (Å²) >= 11 is 0. The number of fused-ring (bicyclic) bond motifs is 1. The Hall–Kier alpha value is -1.51. The van der Waals surface area contributed by atoms with Crippen LogP contribution in [0.2, 0.25) is 0 Å². The molecule has 0 saturated carbocycles. The van der Waals surface area contributed by atoms with Crippen LogP contribution in [0.25, 0.3) is 5.65 Å². The molecule has 0 unspecified atom stereocenters. The lowest BCUT2D eigenvalue weighted by molar-refractivity contribution is 0.588. The lowest BCUT2D eigenvalue weighted by Crippen LogP contribution is -1.96. The van der Waals surface area contributed by atoms with E-state index in [9.17, 15) is 0 Å². The molecule has 3 nitrogen and oxygen atoms in total. The molecule has 2 rings (SSSR count). The number of nitrogens with zero attached hydrogens (tertiary/aromatic N) is 2. The molecule has 0 bridgehead atoms. The summed E-state index contributed by atoms with van der Waals surface area (Å²) in [5.41, 5.74) is 8.13. The molecule has 2 aromatic rings. The smallest absolute Gasteiger partial charge is 0.138 e. The molecule has 0 aliphatic carbocycles. The standard InChI is InChI=1S/C16H25N3/c1-2-3-4-5-6-7-8-11-14-16(17)19-13-10-9-12-15(19)18-14/h9-10,12-13H,2-8,11,17H2,1H3. The Morgan fingerprint density at radius 1 is 1.05 bits per heavy atom. The van der Waals surface area contributed by atoms with E-state index in [0.29, 0.717) is 0 Å². The molecule has 0 spiro atoms. The second-order valence-corrected chi connectivity index (χ2v) is 5.24. The van der Waals surface area contributed by atoms with Gasteiger partial charge in [-0.3, -0.25) is 4.40 Å². The number of pyridine rings is 1. The Labute approximate surface area is 115 Å². The average Bonchev–Trinajstić information content (AvgIpc) is 2.75. The zero-order valence-electron chi connectivity index (χ0n) is 11.9. The first-order valence-electron chi connectivity index (χ1n) is 7.54. The van der Waals surface area contributed by atoms with Crippen molar-refractivity contribution in [1.29, 1.82) is 0 Å². The highest BCUT2D eigenvalue weighted by Crippen LogP contribution is 2.17. The Morgan fingerprint density at radius 3 is 2.53 bits per heavy atom. The van der Waals surface area contributed by atoms with E-state index < -0.39 is 0 Å². The molecule has 19 heavy (non-hydrogen) atoms. The summed E-state index contributed by atoms with van der Waals surface area (Å²) in [6, 6.07) is 5.99. The van der Waals surface area contributed by atoms with Gasteiger partial charge in [-0.2, -0.15) is 0 Å². The minimum atomic E-state index is 0.807. The average molecular weight is 259 g/mol. The fourth-order valence-electron chi connectivity index (χ4n) is 2.50. The van der Waals surface area contributed by atoms with E-state index >= 15 is 0 Å². The largest absolute Gasteiger partial charge is 0.383 e. The van der Waals surface area contributed by atoms with Crippen molar-refractivity contribution in [2.75, 3.05) is 5.73 Å². The van der Waals surface area contributed by atoms with Crippen LogP contribution in [0.4, 0.5) is 5.82 Å². The van der Waals surface area contributed by atoms with Gasteiger partial charge >= 0.3 is 0 Å².